The van der Waals surface area contributed by atoms with Crippen molar-refractivity contribution < 1.29 is 9.53 Å². The summed E-state index contributed by atoms with van der Waals surface area (Å²) in [5.41, 5.74) is 1.26. The maximum atomic E-state index is 13.0. The summed E-state index contributed by atoms with van der Waals surface area (Å²) in [5, 5.41) is 8.27. The second-order valence-corrected chi connectivity index (χ2v) is 6.88. The van der Waals surface area contributed by atoms with E-state index in [0.717, 1.165) is 42.7 Å². The summed E-state index contributed by atoms with van der Waals surface area (Å²) in [5.74, 6) is 0.943. The van der Waals surface area contributed by atoms with E-state index in [4.69, 9.17) is 4.74 Å². The molecular formula is C20H23N5O2. The number of carbonyl (C=O) groups excluding carboxylic acids is 1. The monoisotopic (exact) mass is 365 g/mol. The number of benzene rings is 1. The number of anilines is 1. The van der Waals surface area contributed by atoms with Crippen LogP contribution in [0.5, 0.6) is 5.88 Å². The van der Waals surface area contributed by atoms with Crippen molar-refractivity contribution in [3.63, 3.8) is 0 Å². The van der Waals surface area contributed by atoms with Gasteiger partial charge in [-0.05, 0) is 39.0 Å². The topological polar surface area (TPSA) is 72.3 Å². The summed E-state index contributed by atoms with van der Waals surface area (Å²) in [7, 11) is 3.68. The minimum atomic E-state index is -0.193. The van der Waals surface area contributed by atoms with Crippen LogP contribution >= 0.6 is 0 Å². The maximum Gasteiger partial charge on any atom is 0.257 e. The molecule has 0 unspecified atom stereocenters. The quantitative estimate of drug-likeness (QED) is 0.770. The third kappa shape index (κ3) is 3.50. The Bertz CT molecular complexity index is 960. The highest BCUT2D eigenvalue weighted by atomic mass is 16.5. The van der Waals surface area contributed by atoms with Crippen molar-refractivity contribution >= 4 is 22.6 Å². The third-order valence-electron chi connectivity index (χ3n) is 5.09. The Morgan fingerprint density at radius 2 is 2.00 bits per heavy atom. The van der Waals surface area contributed by atoms with Crippen molar-refractivity contribution in [1.82, 2.24) is 19.7 Å². The van der Waals surface area contributed by atoms with Crippen LogP contribution in [-0.4, -0.2) is 52.8 Å². The van der Waals surface area contributed by atoms with Crippen molar-refractivity contribution in [2.75, 3.05) is 32.6 Å². The predicted molar refractivity (Wildman–Crippen MR) is 104 cm³/mol. The first-order valence-electron chi connectivity index (χ1n) is 9.13. The molecule has 1 aromatic carbocycles. The molecule has 7 nitrogen and oxygen atoms in total. The highest BCUT2D eigenvalue weighted by Crippen LogP contribution is 2.26. The lowest BCUT2D eigenvalue weighted by Crippen LogP contribution is -2.32. The van der Waals surface area contributed by atoms with Crippen molar-refractivity contribution in [2.24, 2.45) is 0 Å². The molecule has 0 saturated carbocycles. The maximum absolute atomic E-state index is 13.0. The molecule has 1 amide bonds. The van der Waals surface area contributed by atoms with Crippen LogP contribution in [0.2, 0.25) is 0 Å². The van der Waals surface area contributed by atoms with E-state index >= 15 is 0 Å². The van der Waals surface area contributed by atoms with Gasteiger partial charge in [-0.25, -0.2) is 9.67 Å². The summed E-state index contributed by atoms with van der Waals surface area (Å²) in [6, 6.07) is 11.4. The van der Waals surface area contributed by atoms with Crippen molar-refractivity contribution in [3.8, 4) is 5.88 Å². The van der Waals surface area contributed by atoms with E-state index in [1.165, 1.54) is 0 Å². The van der Waals surface area contributed by atoms with Gasteiger partial charge in [-0.2, -0.15) is 5.10 Å². The molecule has 0 aliphatic carbocycles. The number of likely N-dealkylation sites (tertiary alicyclic amines) is 1. The Labute approximate surface area is 157 Å². The number of ether oxygens (including phenoxy) is 1. The number of hydrogen-bond acceptors (Lipinski definition) is 5. The molecule has 0 spiro atoms. The Hall–Kier alpha value is -2.93. The van der Waals surface area contributed by atoms with E-state index in [0.29, 0.717) is 17.5 Å². The fourth-order valence-corrected chi connectivity index (χ4v) is 3.57. The average molecular weight is 365 g/mol. The number of pyridine rings is 1. The number of nitrogens with zero attached hydrogens (tertiary/aromatic N) is 4. The molecule has 3 aromatic rings. The van der Waals surface area contributed by atoms with Gasteiger partial charge in [0.2, 0.25) is 5.88 Å². The van der Waals surface area contributed by atoms with Crippen molar-refractivity contribution in [2.45, 2.75) is 18.9 Å². The van der Waals surface area contributed by atoms with Crippen LogP contribution in [0.15, 0.2) is 42.6 Å². The Morgan fingerprint density at radius 1 is 1.22 bits per heavy atom. The highest BCUT2D eigenvalue weighted by Gasteiger charge is 2.22. The minimum Gasteiger partial charge on any atom is -0.481 e. The summed E-state index contributed by atoms with van der Waals surface area (Å²) in [6.45, 7) is 2.06. The van der Waals surface area contributed by atoms with Gasteiger partial charge in [-0.1, -0.05) is 18.2 Å². The smallest absolute Gasteiger partial charge is 0.257 e. The van der Waals surface area contributed by atoms with Crippen LogP contribution < -0.4 is 10.1 Å². The molecule has 1 N–H and O–H groups in total. The minimum absolute atomic E-state index is 0.193. The van der Waals surface area contributed by atoms with Gasteiger partial charge in [0.05, 0.1) is 30.4 Å². The van der Waals surface area contributed by atoms with Gasteiger partial charge in [0.25, 0.3) is 5.91 Å². The van der Waals surface area contributed by atoms with Gasteiger partial charge in [0.1, 0.15) is 5.82 Å². The normalized spacial score (nSPS) is 15.8. The average Bonchev–Trinajstić information content (AvgIpc) is 3.15. The van der Waals surface area contributed by atoms with Crippen LogP contribution in [0.4, 0.5) is 5.82 Å². The summed E-state index contributed by atoms with van der Waals surface area (Å²) < 4.78 is 7.20. The standard InChI is InChI=1S/C20H23N5O2/c1-24-11-8-14(9-12-24)25-18(7-10-21-25)23-20(26)16-13-19(27-2)22-17-6-4-3-5-15(16)17/h3-7,10,13-14H,8-9,11-12H2,1-2H3,(H,23,26). The molecule has 7 heteroatoms. The zero-order valence-corrected chi connectivity index (χ0v) is 15.6. The Kier molecular flexibility index (Phi) is 4.77. The first-order chi connectivity index (χ1) is 13.2. The summed E-state index contributed by atoms with van der Waals surface area (Å²) in [4.78, 5) is 19.8. The Morgan fingerprint density at radius 3 is 2.78 bits per heavy atom. The second kappa shape index (κ2) is 7.36. The zero-order valence-electron chi connectivity index (χ0n) is 15.6. The number of nitrogens with one attached hydrogen (secondary N) is 1. The Balaban J connectivity index is 1.62. The van der Waals surface area contributed by atoms with E-state index in [2.05, 4.69) is 27.3 Å². The molecule has 1 aliphatic heterocycles. The molecule has 1 saturated heterocycles. The zero-order chi connectivity index (χ0) is 18.8. The summed E-state index contributed by atoms with van der Waals surface area (Å²) in [6.07, 6.45) is 3.78. The third-order valence-corrected chi connectivity index (χ3v) is 5.09. The fraction of sp³-hybridized carbons (Fsp3) is 0.350. The molecule has 0 bridgehead atoms. The van der Waals surface area contributed by atoms with Gasteiger partial charge in [0.15, 0.2) is 0 Å². The van der Waals surface area contributed by atoms with Gasteiger partial charge in [-0.15, -0.1) is 0 Å². The molecule has 0 radical (unpaired) electrons. The van der Waals surface area contributed by atoms with Crippen LogP contribution in [-0.2, 0) is 0 Å². The molecular weight excluding hydrogens is 342 g/mol. The van der Waals surface area contributed by atoms with Crippen molar-refractivity contribution in [1.29, 1.82) is 0 Å². The van der Waals surface area contributed by atoms with Gasteiger partial charge >= 0.3 is 0 Å². The van der Waals surface area contributed by atoms with Gasteiger partial charge < -0.3 is 15.0 Å². The molecule has 1 fully saturated rings. The molecule has 0 atom stereocenters. The van der Waals surface area contributed by atoms with E-state index in [9.17, 15) is 4.79 Å². The van der Waals surface area contributed by atoms with E-state index in [-0.39, 0.29) is 5.91 Å². The first-order valence-corrected chi connectivity index (χ1v) is 9.13. The first kappa shape index (κ1) is 17.5. The molecule has 4 rings (SSSR count). The number of fused-ring (bicyclic) bond motifs is 1. The number of methoxy groups -OCH3 is 1. The highest BCUT2D eigenvalue weighted by molar-refractivity contribution is 6.12. The fourth-order valence-electron chi connectivity index (χ4n) is 3.57. The van der Waals surface area contributed by atoms with Crippen LogP contribution in [0, 0.1) is 0 Å². The van der Waals surface area contributed by atoms with E-state index in [1.807, 2.05) is 35.0 Å². The molecule has 1 aliphatic rings. The molecule has 2 aromatic heterocycles. The number of para-hydroxylation sites is 1. The number of rotatable bonds is 4. The lowest BCUT2D eigenvalue weighted by Gasteiger charge is -2.30. The number of piperidine rings is 1. The number of hydrogen-bond donors (Lipinski definition) is 1. The van der Waals surface area contributed by atoms with Gasteiger partial charge in [-0.3, -0.25) is 4.79 Å². The molecule has 3 heterocycles. The second-order valence-electron chi connectivity index (χ2n) is 6.88. The van der Waals surface area contributed by atoms with E-state index in [1.54, 1.807) is 19.4 Å². The predicted octanol–water partition coefficient (Wildman–Crippen LogP) is 2.96. The van der Waals surface area contributed by atoms with Crippen LogP contribution in [0.1, 0.15) is 29.2 Å². The van der Waals surface area contributed by atoms with Crippen molar-refractivity contribution in [3.05, 3.63) is 48.2 Å². The number of carbonyl (C=O) groups is 1. The lowest BCUT2D eigenvalue weighted by molar-refractivity contribution is 0.102. The SMILES string of the molecule is COc1cc(C(=O)Nc2ccnn2C2CCN(C)CC2)c2ccccc2n1. The molecule has 27 heavy (non-hydrogen) atoms. The number of amides is 1. The summed E-state index contributed by atoms with van der Waals surface area (Å²) >= 11 is 0. The van der Waals surface area contributed by atoms with Crippen LogP contribution in [0.3, 0.4) is 0 Å². The largest absolute Gasteiger partial charge is 0.481 e. The lowest BCUT2D eigenvalue weighted by atomic mass is 10.1. The molecule has 140 valence electrons. The van der Waals surface area contributed by atoms with E-state index < -0.39 is 0 Å². The van der Waals surface area contributed by atoms with Crippen LogP contribution in [0.25, 0.3) is 10.9 Å². The number of aromatic nitrogens is 3. The van der Waals surface area contributed by atoms with Gasteiger partial charge in [0, 0.05) is 17.5 Å².